The number of hydrogen-bond acceptors (Lipinski definition) is 4. The molecule has 5 nitrogen and oxygen atoms in total. The molecule has 0 heterocycles. The molecule has 0 saturated carbocycles. The number of hydrogen-bond donors (Lipinski definition) is 1. The third-order valence-corrected chi connectivity index (χ3v) is 2.48. The average Bonchev–Trinajstić information content (AvgIpc) is 2.36. The minimum Gasteiger partial charge on any atom is -0.445 e. The molecule has 1 aromatic rings. The van der Waals surface area contributed by atoms with Gasteiger partial charge in [-0.1, -0.05) is 13.8 Å². The van der Waals surface area contributed by atoms with Crippen molar-refractivity contribution < 1.29 is 23.5 Å². The van der Waals surface area contributed by atoms with Crippen LogP contribution in [0.15, 0.2) is 18.2 Å². The van der Waals surface area contributed by atoms with Gasteiger partial charge < -0.3 is 14.8 Å². The Balaban J connectivity index is 2.62. The van der Waals surface area contributed by atoms with Gasteiger partial charge in [-0.3, -0.25) is 4.79 Å². The maximum absolute atomic E-state index is 13.8. The zero-order valence-electron chi connectivity index (χ0n) is 12.6. The van der Waals surface area contributed by atoms with Gasteiger partial charge >= 0.3 is 12.1 Å². The van der Waals surface area contributed by atoms with Gasteiger partial charge in [-0.2, -0.15) is 0 Å². The molecule has 0 aliphatic carbocycles. The van der Waals surface area contributed by atoms with Crippen LogP contribution in [0.25, 0.3) is 0 Å². The smallest absolute Gasteiger partial charge is 0.407 e. The number of esters is 1. The Hall–Kier alpha value is -2.11. The average molecular weight is 297 g/mol. The summed E-state index contributed by atoms with van der Waals surface area (Å²) in [4.78, 5) is 22.7. The Labute approximate surface area is 123 Å². The standard InChI is InChI=1S/C15H20FNO4/c1-9(2)14(18)21-12-6-5-11(13(16)7-12)8-20-15(19)17-10(3)4/h5-7,9-10H,8H2,1-4H3,(H,17,19). The Bertz CT molecular complexity index is 514. The molecule has 0 bridgehead atoms. The van der Waals surface area contributed by atoms with E-state index < -0.39 is 17.9 Å². The van der Waals surface area contributed by atoms with Crippen molar-refractivity contribution in [2.24, 2.45) is 5.92 Å². The maximum Gasteiger partial charge on any atom is 0.407 e. The van der Waals surface area contributed by atoms with Crippen molar-refractivity contribution in [1.29, 1.82) is 0 Å². The molecule has 1 aromatic carbocycles. The molecule has 0 spiro atoms. The number of rotatable bonds is 5. The summed E-state index contributed by atoms with van der Waals surface area (Å²) in [6.45, 7) is 6.77. The summed E-state index contributed by atoms with van der Waals surface area (Å²) in [6, 6.07) is 3.92. The van der Waals surface area contributed by atoms with Gasteiger partial charge in [0.25, 0.3) is 0 Å². The molecule has 1 rings (SSSR count). The van der Waals surface area contributed by atoms with Gasteiger partial charge in [0.15, 0.2) is 0 Å². The van der Waals surface area contributed by atoms with Crippen molar-refractivity contribution >= 4 is 12.1 Å². The normalized spacial score (nSPS) is 10.6. The molecule has 1 N–H and O–H groups in total. The van der Waals surface area contributed by atoms with Crippen LogP contribution < -0.4 is 10.1 Å². The molecule has 0 aliphatic rings. The van der Waals surface area contributed by atoms with Crippen LogP contribution >= 0.6 is 0 Å². The van der Waals surface area contributed by atoms with E-state index in [9.17, 15) is 14.0 Å². The highest BCUT2D eigenvalue weighted by Crippen LogP contribution is 2.18. The van der Waals surface area contributed by atoms with E-state index in [2.05, 4.69) is 5.32 Å². The second-order valence-corrected chi connectivity index (χ2v) is 5.20. The minimum atomic E-state index is -0.611. The van der Waals surface area contributed by atoms with Crippen LogP contribution in [0.2, 0.25) is 0 Å². The predicted molar refractivity (Wildman–Crippen MR) is 75.3 cm³/mol. The lowest BCUT2D eigenvalue weighted by atomic mass is 10.2. The molecule has 0 unspecified atom stereocenters. The van der Waals surface area contributed by atoms with Gasteiger partial charge in [0.2, 0.25) is 0 Å². The zero-order valence-corrected chi connectivity index (χ0v) is 12.6. The Morgan fingerprint density at radius 3 is 2.43 bits per heavy atom. The fourth-order valence-electron chi connectivity index (χ4n) is 1.36. The molecule has 21 heavy (non-hydrogen) atoms. The molecule has 116 valence electrons. The third kappa shape index (κ3) is 5.81. The number of nitrogens with one attached hydrogen (secondary N) is 1. The highest BCUT2D eigenvalue weighted by molar-refractivity contribution is 5.74. The molecule has 0 saturated heterocycles. The van der Waals surface area contributed by atoms with E-state index in [1.165, 1.54) is 12.1 Å². The molecule has 1 amide bonds. The van der Waals surface area contributed by atoms with Crippen LogP contribution in [0, 0.1) is 11.7 Å². The second kappa shape index (κ2) is 7.61. The summed E-state index contributed by atoms with van der Waals surface area (Å²) in [5.74, 6) is -1.20. The molecule has 6 heteroatoms. The van der Waals surface area contributed by atoms with Crippen LogP contribution in [0.1, 0.15) is 33.3 Å². The van der Waals surface area contributed by atoms with Crippen LogP contribution in [-0.2, 0) is 16.1 Å². The van der Waals surface area contributed by atoms with Gasteiger partial charge in [0, 0.05) is 17.7 Å². The van der Waals surface area contributed by atoms with Crippen LogP contribution in [0.5, 0.6) is 5.75 Å². The fourth-order valence-corrected chi connectivity index (χ4v) is 1.36. The van der Waals surface area contributed by atoms with Gasteiger partial charge in [-0.25, -0.2) is 9.18 Å². The zero-order chi connectivity index (χ0) is 16.0. The number of halogens is 1. The lowest BCUT2D eigenvalue weighted by molar-refractivity contribution is -0.137. The molecule has 0 atom stereocenters. The molecule has 0 radical (unpaired) electrons. The largest absolute Gasteiger partial charge is 0.445 e. The molecular formula is C15H20FNO4. The first-order valence-corrected chi connectivity index (χ1v) is 6.73. The SMILES string of the molecule is CC(C)NC(=O)OCc1ccc(OC(=O)C(C)C)cc1F. The van der Waals surface area contributed by atoms with Crippen molar-refractivity contribution in [3.05, 3.63) is 29.6 Å². The number of alkyl carbamates (subject to hydrolysis) is 1. The summed E-state index contributed by atoms with van der Waals surface area (Å²) >= 11 is 0. The number of benzene rings is 1. The molecular weight excluding hydrogens is 277 g/mol. The lowest BCUT2D eigenvalue weighted by Gasteiger charge is -2.11. The highest BCUT2D eigenvalue weighted by Gasteiger charge is 2.12. The van der Waals surface area contributed by atoms with Crippen LogP contribution in [0.3, 0.4) is 0 Å². The topological polar surface area (TPSA) is 64.6 Å². The highest BCUT2D eigenvalue weighted by atomic mass is 19.1. The van der Waals surface area contributed by atoms with Crippen molar-refractivity contribution in [3.63, 3.8) is 0 Å². The summed E-state index contributed by atoms with van der Waals surface area (Å²) in [5.41, 5.74) is 0.207. The van der Waals surface area contributed by atoms with E-state index in [4.69, 9.17) is 9.47 Å². The van der Waals surface area contributed by atoms with E-state index in [-0.39, 0.29) is 29.9 Å². The van der Waals surface area contributed by atoms with Gasteiger partial charge in [-0.15, -0.1) is 0 Å². The molecule has 0 aliphatic heterocycles. The van der Waals surface area contributed by atoms with Gasteiger partial charge in [0.05, 0.1) is 5.92 Å². The van der Waals surface area contributed by atoms with Gasteiger partial charge in [0.1, 0.15) is 18.2 Å². The summed E-state index contributed by atoms with van der Waals surface area (Å²) in [7, 11) is 0. The minimum absolute atomic E-state index is 0.0554. The number of carbonyl (C=O) groups excluding carboxylic acids is 2. The lowest BCUT2D eigenvalue weighted by Crippen LogP contribution is -2.30. The first kappa shape index (κ1) is 16.9. The van der Waals surface area contributed by atoms with Crippen LogP contribution in [0.4, 0.5) is 9.18 Å². The number of amides is 1. The quantitative estimate of drug-likeness (QED) is 0.670. The van der Waals surface area contributed by atoms with Crippen molar-refractivity contribution in [2.75, 3.05) is 0 Å². The molecule has 0 fully saturated rings. The van der Waals surface area contributed by atoms with E-state index in [0.717, 1.165) is 6.07 Å². The Kier molecular flexibility index (Phi) is 6.14. The fraction of sp³-hybridized carbons (Fsp3) is 0.467. The second-order valence-electron chi connectivity index (χ2n) is 5.20. The van der Waals surface area contributed by atoms with E-state index in [1.54, 1.807) is 27.7 Å². The predicted octanol–water partition coefficient (Wildman–Crippen LogP) is 3.02. The maximum atomic E-state index is 13.8. The number of ether oxygens (including phenoxy) is 2. The first-order chi connectivity index (χ1) is 9.79. The Morgan fingerprint density at radius 2 is 1.90 bits per heavy atom. The van der Waals surface area contributed by atoms with Crippen LogP contribution in [-0.4, -0.2) is 18.1 Å². The monoisotopic (exact) mass is 297 g/mol. The molecule has 0 aromatic heterocycles. The first-order valence-electron chi connectivity index (χ1n) is 6.73. The van der Waals surface area contributed by atoms with Crippen molar-refractivity contribution in [3.8, 4) is 5.75 Å². The summed E-state index contributed by atoms with van der Waals surface area (Å²) in [6.07, 6.45) is -0.611. The Morgan fingerprint density at radius 1 is 1.24 bits per heavy atom. The summed E-state index contributed by atoms with van der Waals surface area (Å²) < 4.78 is 23.7. The van der Waals surface area contributed by atoms with E-state index in [1.807, 2.05) is 0 Å². The summed E-state index contributed by atoms with van der Waals surface area (Å²) in [5, 5.41) is 2.53. The van der Waals surface area contributed by atoms with Gasteiger partial charge in [-0.05, 0) is 26.0 Å². The van der Waals surface area contributed by atoms with E-state index in [0.29, 0.717) is 0 Å². The number of carbonyl (C=O) groups is 2. The van der Waals surface area contributed by atoms with E-state index >= 15 is 0 Å². The van der Waals surface area contributed by atoms with Crippen molar-refractivity contribution in [2.45, 2.75) is 40.3 Å². The third-order valence-electron chi connectivity index (χ3n) is 2.48. The van der Waals surface area contributed by atoms with Crippen molar-refractivity contribution in [1.82, 2.24) is 5.32 Å².